The Balaban J connectivity index is 2.77. The minimum absolute atomic E-state index is 0.485. The average Bonchev–Trinajstić information content (AvgIpc) is 1.87. The standard InChI is InChI=1S/C6H16NO2P/c1-2-3-4-7-5-6-10(8)9/h7-9H,2-6H2,1H3. The lowest BCUT2D eigenvalue weighted by Crippen LogP contribution is -2.18. The monoisotopic (exact) mass is 165 g/mol. The van der Waals surface area contributed by atoms with E-state index in [0.717, 1.165) is 19.5 Å². The molecule has 0 saturated heterocycles. The van der Waals surface area contributed by atoms with Gasteiger partial charge in [-0.1, -0.05) is 13.3 Å². The average molecular weight is 165 g/mol. The van der Waals surface area contributed by atoms with Gasteiger partial charge in [-0.05, 0) is 13.0 Å². The Bertz CT molecular complexity index is 70.8. The van der Waals surface area contributed by atoms with Crippen LogP contribution in [0.1, 0.15) is 19.8 Å². The van der Waals surface area contributed by atoms with Crippen molar-refractivity contribution in [1.29, 1.82) is 0 Å². The quantitative estimate of drug-likeness (QED) is 0.400. The summed E-state index contributed by atoms with van der Waals surface area (Å²) in [6.07, 6.45) is 2.83. The molecule has 0 aliphatic rings. The van der Waals surface area contributed by atoms with E-state index < -0.39 is 8.38 Å². The number of rotatable bonds is 6. The summed E-state index contributed by atoms with van der Waals surface area (Å²) in [4.78, 5) is 17.0. The number of hydrogen-bond acceptors (Lipinski definition) is 3. The van der Waals surface area contributed by atoms with Crippen molar-refractivity contribution in [3.63, 3.8) is 0 Å². The SMILES string of the molecule is CCCCNCCP(O)O. The summed E-state index contributed by atoms with van der Waals surface area (Å²) < 4.78 is 0. The van der Waals surface area contributed by atoms with Gasteiger partial charge in [0.1, 0.15) is 0 Å². The minimum Gasteiger partial charge on any atom is -0.350 e. The van der Waals surface area contributed by atoms with Crippen molar-refractivity contribution in [2.24, 2.45) is 0 Å². The van der Waals surface area contributed by atoms with Gasteiger partial charge >= 0.3 is 0 Å². The van der Waals surface area contributed by atoms with Gasteiger partial charge in [-0.15, -0.1) is 0 Å². The van der Waals surface area contributed by atoms with Crippen molar-refractivity contribution < 1.29 is 9.79 Å². The molecule has 3 N–H and O–H groups in total. The van der Waals surface area contributed by atoms with Gasteiger partial charge in [0.15, 0.2) is 8.38 Å². The topological polar surface area (TPSA) is 52.5 Å². The first-order chi connectivity index (χ1) is 4.77. The van der Waals surface area contributed by atoms with Gasteiger partial charge < -0.3 is 15.1 Å². The van der Waals surface area contributed by atoms with Gasteiger partial charge in [0.25, 0.3) is 0 Å². The van der Waals surface area contributed by atoms with Crippen molar-refractivity contribution in [3.8, 4) is 0 Å². The van der Waals surface area contributed by atoms with Crippen LogP contribution in [0.4, 0.5) is 0 Å². The van der Waals surface area contributed by atoms with E-state index in [9.17, 15) is 0 Å². The third-order valence-corrected chi connectivity index (χ3v) is 1.82. The Hall–Kier alpha value is 0.310. The highest BCUT2D eigenvalue weighted by Gasteiger charge is 1.95. The van der Waals surface area contributed by atoms with Crippen LogP contribution in [0.5, 0.6) is 0 Å². The van der Waals surface area contributed by atoms with E-state index in [0.29, 0.717) is 6.16 Å². The summed E-state index contributed by atoms with van der Waals surface area (Å²) in [7, 11) is -1.68. The number of unbranched alkanes of at least 4 members (excludes halogenated alkanes) is 1. The molecule has 0 radical (unpaired) electrons. The predicted molar refractivity (Wildman–Crippen MR) is 44.0 cm³/mol. The van der Waals surface area contributed by atoms with E-state index >= 15 is 0 Å². The van der Waals surface area contributed by atoms with E-state index in [2.05, 4.69) is 12.2 Å². The van der Waals surface area contributed by atoms with E-state index in [1.807, 2.05) is 0 Å². The molecule has 0 heterocycles. The predicted octanol–water partition coefficient (Wildman–Crippen LogP) is 0.673. The van der Waals surface area contributed by atoms with E-state index in [1.165, 1.54) is 6.42 Å². The molecule has 0 unspecified atom stereocenters. The fraction of sp³-hybridized carbons (Fsp3) is 1.00. The second kappa shape index (κ2) is 7.42. The molecular formula is C6H16NO2P. The molecule has 0 fully saturated rings. The van der Waals surface area contributed by atoms with E-state index in [4.69, 9.17) is 9.79 Å². The zero-order valence-corrected chi connectivity index (χ0v) is 7.27. The summed E-state index contributed by atoms with van der Waals surface area (Å²) in [6, 6.07) is 0. The molecule has 0 aliphatic heterocycles. The molecule has 0 aromatic carbocycles. The second-order valence-electron chi connectivity index (χ2n) is 2.20. The summed E-state index contributed by atoms with van der Waals surface area (Å²) in [5, 5.41) is 3.11. The van der Waals surface area contributed by atoms with E-state index in [-0.39, 0.29) is 0 Å². The Labute approximate surface area is 63.4 Å². The fourth-order valence-corrected chi connectivity index (χ4v) is 0.964. The molecule has 0 saturated carbocycles. The van der Waals surface area contributed by atoms with Gasteiger partial charge in [0.05, 0.1) is 0 Å². The molecule has 0 aromatic rings. The van der Waals surface area contributed by atoms with Crippen LogP contribution < -0.4 is 5.32 Å². The maximum atomic E-state index is 8.49. The maximum Gasteiger partial charge on any atom is 0.166 e. The molecule has 3 nitrogen and oxygen atoms in total. The third-order valence-electron chi connectivity index (χ3n) is 1.20. The summed E-state index contributed by atoms with van der Waals surface area (Å²) in [6.45, 7) is 3.84. The Morgan fingerprint density at radius 1 is 1.30 bits per heavy atom. The van der Waals surface area contributed by atoms with Crippen LogP contribution in [0.25, 0.3) is 0 Å². The molecule has 0 rings (SSSR count). The maximum absolute atomic E-state index is 8.49. The van der Waals surface area contributed by atoms with Gasteiger partial charge in [0.2, 0.25) is 0 Å². The highest BCUT2D eigenvalue weighted by Crippen LogP contribution is 2.20. The number of hydrogen-bond donors (Lipinski definition) is 3. The zero-order chi connectivity index (χ0) is 7.82. The van der Waals surface area contributed by atoms with Gasteiger partial charge in [0, 0.05) is 12.7 Å². The van der Waals surface area contributed by atoms with Crippen LogP contribution in [-0.2, 0) is 0 Å². The van der Waals surface area contributed by atoms with Crippen molar-refractivity contribution in [2.45, 2.75) is 19.8 Å². The largest absolute Gasteiger partial charge is 0.350 e. The Morgan fingerprint density at radius 3 is 2.50 bits per heavy atom. The Kier molecular flexibility index (Phi) is 7.65. The first-order valence-corrected chi connectivity index (χ1v) is 5.06. The summed E-state index contributed by atoms with van der Waals surface area (Å²) in [5.41, 5.74) is 0. The van der Waals surface area contributed by atoms with Gasteiger partial charge in [-0.2, -0.15) is 0 Å². The highest BCUT2D eigenvalue weighted by atomic mass is 31.2. The van der Waals surface area contributed by atoms with Crippen LogP contribution in [-0.4, -0.2) is 29.0 Å². The molecule has 0 atom stereocenters. The molecule has 0 bridgehead atoms. The zero-order valence-electron chi connectivity index (χ0n) is 6.38. The highest BCUT2D eigenvalue weighted by molar-refractivity contribution is 7.45. The van der Waals surface area contributed by atoms with Crippen molar-refractivity contribution in [1.82, 2.24) is 5.32 Å². The molecule has 0 amide bonds. The molecule has 0 spiro atoms. The molecular weight excluding hydrogens is 149 g/mol. The summed E-state index contributed by atoms with van der Waals surface area (Å²) in [5.74, 6) is 0. The van der Waals surface area contributed by atoms with Gasteiger partial charge in [-0.3, -0.25) is 0 Å². The lowest BCUT2D eigenvalue weighted by molar-refractivity contribution is 0.479. The first kappa shape index (κ1) is 10.3. The van der Waals surface area contributed by atoms with Gasteiger partial charge in [-0.25, -0.2) is 0 Å². The smallest absolute Gasteiger partial charge is 0.166 e. The third kappa shape index (κ3) is 8.31. The minimum atomic E-state index is -1.68. The Morgan fingerprint density at radius 2 is 2.00 bits per heavy atom. The fourth-order valence-electron chi connectivity index (χ4n) is 0.606. The summed E-state index contributed by atoms with van der Waals surface area (Å²) >= 11 is 0. The van der Waals surface area contributed by atoms with Crippen LogP contribution >= 0.6 is 8.38 Å². The van der Waals surface area contributed by atoms with Crippen LogP contribution in [0.2, 0.25) is 0 Å². The molecule has 10 heavy (non-hydrogen) atoms. The first-order valence-electron chi connectivity index (χ1n) is 3.63. The second-order valence-corrected chi connectivity index (χ2v) is 3.39. The van der Waals surface area contributed by atoms with Crippen LogP contribution in [0.15, 0.2) is 0 Å². The molecule has 62 valence electrons. The molecule has 0 aliphatic carbocycles. The lowest BCUT2D eigenvalue weighted by Gasteiger charge is -2.03. The van der Waals surface area contributed by atoms with Crippen molar-refractivity contribution in [2.75, 3.05) is 19.3 Å². The lowest BCUT2D eigenvalue weighted by atomic mass is 10.3. The number of nitrogens with one attached hydrogen (secondary N) is 1. The van der Waals surface area contributed by atoms with Crippen LogP contribution in [0.3, 0.4) is 0 Å². The molecule has 0 aromatic heterocycles. The molecule has 4 heteroatoms. The normalized spacial score (nSPS) is 10.8. The van der Waals surface area contributed by atoms with Crippen molar-refractivity contribution >= 4 is 8.38 Å². The van der Waals surface area contributed by atoms with Crippen molar-refractivity contribution in [3.05, 3.63) is 0 Å². The van der Waals surface area contributed by atoms with Crippen LogP contribution in [0, 0.1) is 0 Å². The van der Waals surface area contributed by atoms with E-state index in [1.54, 1.807) is 0 Å².